The first-order valence-corrected chi connectivity index (χ1v) is 8.57. The molecule has 0 aromatic carbocycles. The molecule has 1 heterocycles. The van der Waals surface area contributed by atoms with Crippen molar-refractivity contribution in [3.8, 4) is 0 Å². The predicted molar refractivity (Wildman–Crippen MR) is 84.4 cm³/mol. The second-order valence-corrected chi connectivity index (χ2v) is 6.87. The van der Waals surface area contributed by atoms with Gasteiger partial charge in [0.1, 0.15) is 0 Å². The van der Waals surface area contributed by atoms with E-state index >= 15 is 0 Å². The Balaban J connectivity index is 1.84. The van der Waals surface area contributed by atoms with E-state index in [2.05, 4.69) is 0 Å². The molecule has 1 saturated heterocycles. The lowest BCUT2D eigenvalue weighted by Gasteiger charge is -2.27. The molecule has 1 aliphatic heterocycles. The van der Waals surface area contributed by atoms with Crippen LogP contribution in [0.15, 0.2) is 23.8 Å². The molecule has 0 aromatic rings. The van der Waals surface area contributed by atoms with Crippen LogP contribution in [-0.2, 0) is 14.3 Å². The summed E-state index contributed by atoms with van der Waals surface area (Å²) < 4.78 is 34.4. The molecule has 1 saturated carbocycles. The molecule has 0 N–H and O–H groups in total. The highest BCUT2D eigenvalue weighted by atomic mass is 19.3. The fourth-order valence-corrected chi connectivity index (χ4v) is 3.82. The Morgan fingerprint density at radius 3 is 2.67 bits per heavy atom. The lowest BCUT2D eigenvalue weighted by atomic mass is 9.85. The van der Waals surface area contributed by atoms with E-state index in [9.17, 15) is 18.4 Å². The van der Waals surface area contributed by atoms with E-state index in [-0.39, 0.29) is 13.2 Å². The Morgan fingerprint density at radius 1 is 1.42 bits per heavy atom. The van der Waals surface area contributed by atoms with Crippen molar-refractivity contribution >= 4 is 11.9 Å². The van der Waals surface area contributed by atoms with Crippen LogP contribution in [0, 0.1) is 11.3 Å². The van der Waals surface area contributed by atoms with Crippen molar-refractivity contribution in [3.05, 3.63) is 23.8 Å². The Hall–Kier alpha value is -1.72. The molecule has 2 atom stereocenters. The monoisotopic (exact) mass is 339 g/mol. The fraction of sp³-hybridized carbons (Fsp3) is 0.667. The molecule has 0 unspecified atom stereocenters. The maximum Gasteiger partial charge on any atom is 0.330 e. The van der Waals surface area contributed by atoms with Crippen molar-refractivity contribution in [2.24, 2.45) is 11.3 Å². The molecule has 4 nitrogen and oxygen atoms in total. The summed E-state index contributed by atoms with van der Waals surface area (Å²) in [5.41, 5.74) is -0.313. The van der Waals surface area contributed by atoms with Crippen LogP contribution in [-0.4, -0.2) is 41.9 Å². The normalized spacial score (nSPS) is 28.5. The van der Waals surface area contributed by atoms with Crippen LogP contribution in [0.4, 0.5) is 8.78 Å². The molecule has 2 fully saturated rings. The van der Waals surface area contributed by atoms with Crippen molar-refractivity contribution in [2.75, 3.05) is 13.2 Å². The van der Waals surface area contributed by atoms with Crippen LogP contribution in [0.25, 0.3) is 0 Å². The molecule has 132 valence electrons. The molecule has 6 heteroatoms. The number of alkyl halides is 2. The van der Waals surface area contributed by atoms with Crippen LogP contribution >= 0.6 is 0 Å². The van der Waals surface area contributed by atoms with Crippen LogP contribution in [0.1, 0.15) is 39.5 Å². The number of carbonyl (C=O) groups excluding carboxylic acids is 2. The molecule has 1 amide bonds. The minimum Gasteiger partial charge on any atom is -0.466 e. The molecule has 3 rings (SSSR count). The maximum absolute atomic E-state index is 14.7. The fourth-order valence-electron chi connectivity index (χ4n) is 3.82. The van der Waals surface area contributed by atoms with Crippen molar-refractivity contribution in [3.63, 3.8) is 0 Å². The van der Waals surface area contributed by atoms with Gasteiger partial charge in [0.15, 0.2) is 0 Å². The summed E-state index contributed by atoms with van der Waals surface area (Å²) in [5, 5.41) is 0. The van der Waals surface area contributed by atoms with E-state index in [1.54, 1.807) is 13.8 Å². The van der Waals surface area contributed by atoms with Gasteiger partial charge in [-0.3, -0.25) is 9.59 Å². The molecule has 0 spiro atoms. The number of rotatable bonds is 5. The Bertz CT molecular complexity index is 607. The lowest BCUT2D eigenvalue weighted by molar-refractivity contribution is -0.163. The second-order valence-electron chi connectivity index (χ2n) is 6.87. The number of likely N-dealkylation sites (tertiary alicyclic amines) is 1. The second kappa shape index (κ2) is 5.97. The van der Waals surface area contributed by atoms with Crippen molar-refractivity contribution in [1.82, 2.24) is 4.90 Å². The van der Waals surface area contributed by atoms with Crippen molar-refractivity contribution in [2.45, 2.75) is 51.5 Å². The lowest BCUT2D eigenvalue weighted by Crippen LogP contribution is -2.42. The van der Waals surface area contributed by atoms with Gasteiger partial charge in [-0.15, -0.1) is 0 Å². The molecule has 0 aromatic heterocycles. The summed E-state index contributed by atoms with van der Waals surface area (Å²) in [6.45, 7) is 3.48. The average Bonchev–Trinajstić information content (AvgIpc) is 3.33. The first kappa shape index (κ1) is 17.1. The van der Waals surface area contributed by atoms with Crippen molar-refractivity contribution in [1.29, 1.82) is 0 Å². The van der Waals surface area contributed by atoms with Gasteiger partial charge in [0.2, 0.25) is 0 Å². The molecular weight excluding hydrogens is 316 g/mol. The highest BCUT2D eigenvalue weighted by Crippen LogP contribution is 2.60. The first-order chi connectivity index (χ1) is 11.3. The van der Waals surface area contributed by atoms with E-state index in [4.69, 9.17) is 4.74 Å². The number of esters is 1. The zero-order valence-electron chi connectivity index (χ0n) is 14.1. The number of hydrogen-bond donors (Lipinski definition) is 0. The highest BCUT2D eigenvalue weighted by Gasteiger charge is 2.71. The van der Waals surface area contributed by atoms with Gasteiger partial charge in [-0.1, -0.05) is 18.2 Å². The van der Waals surface area contributed by atoms with Crippen LogP contribution in [0.2, 0.25) is 0 Å². The van der Waals surface area contributed by atoms with Crippen LogP contribution < -0.4 is 0 Å². The first-order valence-electron chi connectivity index (χ1n) is 8.57. The van der Waals surface area contributed by atoms with Crippen molar-refractivity contribution < 1.29 is 23.1 Å². The van der Waals surface area contributed by atoms with E-state index in [1.165, 1.54) is 4.90 Å². The molecule has 24 heavy (non-hydrogen) atoms. The number of nitrogens with zero attached hydrogens (tertiary/aromatic N) is 1. The summed E-state index contributed by atoms with van der Waals surface area (Å²) in [7, 11) is 0. The Kier molecular flexibility index (Phi) is 4.26. The number of ether oxygens (including phenoxy) is 1. The summed E-state index contributed by atoms with van der Waals surface area (Å²) in [5.74, 6) is -6.58. The summed E-state index contributed by atoms with van der Waals surface area (Å²) in [6.07, 6.45) is 8.38. The minimum absolute atomic E-state index is 0.100. The van der Waals surface area contributed by atoms with Crippen LogP contribution in [0.5, 0.6) is 0 Å². The van der Waals surface area contributed by atoms with Gasteiger partial charge < -0.3 is 9.64 Å². The number of allylic oxidation sites excluding steroid dienone is 2. The van der Waals surface area contributed by atoms with Crippen LogP contribution in [0.3, 0.4) is 0 Å². The van der Waals surface area contributed by atoms with Gasteiger partial charge in [0.25, 0.3) is 5.91 Å². The minimum atomic E-state index is -3.52. The third-order valence-corrected chi connectivity index (χ3v) is 5.47. The third kappa shape index (κ3) is 2.56. The van der Waals surface area contributed by atoms with Gasteiger partial charge in [-0.2, -0.15) is 8.78 Å². The molecule has 3 aliphatic rings. The molecule has 2 aliphatic carbocycles. The number of halogens is 2. The van der Waals surface area contributed by atoms with E-state index in [0.717, 1.165) is 18.4 Å². The number of carbonyl (C=O) groups is 2. The van der Waals surface area contributed by atoms with Gasteiger partial charge >= 0.3 is 11.9 Å². The summed E-state index contributed by atoms with van der Waals surface area (Å²) >= 11 is 0. The van der Waals surface area contributed by atoms with E-state index in [1.807, 2.05) is 18.2 Å². The summed E-state index contributed by atoms with van der Waals surface area (Å²) in [6, 6.07) is -0.414. The zero-order valence-corrected chi connectivity index (χ0v) is 14.1. The standard InChI is InChI=1S/C18H23F2NO3/c1-3-24-16(23)17(9-10-17)14-11-21(15(22)18(14,19)20)12(2)13-7-5-4-6-8-13/h5,7-8,12,14H,3-4,6,9-11H2,1-2H3/t12-,14+/m0/s1. The largest absolute Gasteiger partial charge is 0.466 e. The Labute approximate surface area is 140 Å². The Morgan fingerprint density at radius 2 is 2.12 bits per heavy atom. The maximum atomic E-state index is 14.7. The number of hydrogen-bond acceptors (Lipinski definition) is 3. The average molecular weight is 339 g/mol. The van der Waals surface area contributed by atoms with Gasteiger partial charge in [0.05, 0.1) is 24.0 Å². The smallest absolute Gasteiger partial charge is 0.330 e. The van der Waals surface area contributed by atoms with Gasteiger partial charge in [-0.05, 0) is 45.1 Å². The van der Waals surface area contributed by atoms with Gasteiger partial charge in [-0.25, -0.2) is 0 Å². The quantitative estimate of drug-likeness (QED) is 0.723. The molecular formula is C18H23F2NO3. The SMILES string of the molecule is CCOC(=O)C1([C@H]2CN([C@@H](C)C3=CCCC=C3)C(=O)C2(F)F)CC1. The zero-order chi connectivity index (χ0) is 17.5. The molecule has 0 radical (unpaired) electrons. The predicted octanol–water partition coefficient (Wildman–Crippen LogP) is 3.09. The highest BCUT2D eigenvalue weighted by molar-refractivity contribution is 5.90. The van der Waals surface area contributed by atoms with E-state index < -0.39 is 35.2 Å². The van der Waals surface area contributed by atoms with E-state index in [0.29, 0.717) is 12.8 Å². The topological polar surface area (TPSA) is 46.6 Å². The third-order valence-electron chi connectivity index (χ3n) is 5.47. The number of amides is 1. The van der Waals surface area contributed by atoms with Gasteiger partial charge in [0, 0.05) is 6.54 Å². The summed E-state index contributed by atoms with van der Waals surface area (Å²) in [4.78, 5) is 25.8. The molecule has 0 bridgehead atoms.